The molecule has 0 radical (unpaired) electrons. The van der Waals surface area contributed by atoms with E-state index in [1.165, 1.54) is 12.1 Å². The lowest BCUT2D eigenvalue weighted by atomic mass is 9.96. The quantitative estimate of drug-likeness (QED) is 0.620. The van der Waals surface area contributed by atoms with E-state index in [2.05, 4.69) is 10.6 Å². The van der Waals surface area contributed by atoms with Gasteiger partial charge in [-0.1, -0.05) is 12.1 Å². The van der Waals surface area contributed by atoms with Crippen LogP contribution in [0.1, 0.15) is 25.3 Å². The number of rotatable bonds is 6. The highest BCUT2D eigenvalue weighted by atomic mass is 19.1. The van der Waals surface area contributed by atoms with Crippen LogP contribution < -0.4 is 10.6 Å². The number of benzene rings is 1. The number of carbonyl (C=O) groups is 2. The molecular formula is C15H19FN2O3. The Morgan fingerprint density at radius 2 is 2.10 bits per heavy atom. The van der Waals surface area contributed by atoms with Gasteiger partial charge in [-0.15, -0.1) is 0 Å². The van der Waals surface area contributed by atoms with Gasteiger partial charge in [-0.25, -0.2) is 9.18 Å². The van der Waals surface area contributed by atoms with Gasteiger partial charge < -0.3 is 15.4 Å². The molecular weight excluding hydrogens is 275 g/mol. The molecule has 2 rings (SSSR count). The number of carbonyl (C=O) groups excluding carboxylic acids is 2. The molecule has 0 bridgehead atoms. The maximum absolute atomic E-state index is 13.3. The molecule has 6 heteroatoms. The van der Waals surface area contributed by atoms with Crippen molar-refractivity contribution in [2.75, 3.05) is 19.7 Å². The van der Waals surface area contributed by atoms with Crippen LogP contribution in [-0.2, 0) is 14.9 Å². The molecule has 2 N–H and O–H groups in total. The third-order valence-corrected chi connectivity index (χ3v) is 3.48. The maximum Gasteiger partial charge on any atom is 0.316 e. The lowest BCUT2D eigenvalue weighted by Gasteiger charge is -2.15. The summed E-state index contributed by atoms with van der Waals surface area (Å²) in [7, 11) is 0. The average molecular weight is 294 g/mol. The minimum atomic E-state index is -0.701. The number of hydrogen-bond donors (Lipinski definition) is 2. The Bertz CT molecular complexity index is 529. The zero-order valence-corrected chi connectivity index (χ0v) is 11.9. The Balaban J connectivity index is 1.82. The third kappa shape index (κ3) is 3.71. The van der Waals surface area contributed by atoms with E-state index in [0.29, 0.717) is 24.9 Å². The highest BCUT2D eigenvalue weighted by Gasteiger charge is 2.52. The van der Waals surface area contributed by atoms with E-state index in [-0.39, 0.29) is 31.0 Å². The smallest absolute Gasteiger partial charge is 0.316 e. The van der Waals surface area contributed by atoms with Gasteiger partial charge in [-0.3, -0.25) is 4.79 Å². The fraction of sp³-hybridized carbons (Fsp3) is 0.467. The van der Waals surface area contributed by atoms with E-state index in [0.717, 1.165) is 0 Å². The van der Waals surface area contributed by atoms with Gasteiger partial charge in [0.15, 0.2) is 0 Å². The summed E-state index contributed by atoms with van der Waals surface area (Å²) in [6.07, 6.45) is 1.33. The van der Waals surface area contributed by atoms with Crippen LogP contribution in [0.25, 0.3) is 0 Å². The fourth-order valence-corrected chi connectivity index (χ4v) is 2.19. The molecule has 0 atom stereocenters. The fourth-order valence-electron chi connectivity index (χ4n) is 2.19. The monoisotopic (exact) mass is 294 g/mol. The molecule has 1 fully saturated rings. The Labute approximate surface area is 122 Å². The molecule has 114 valence electrons. The predicted octanol–water partition coefficient (Wildman–Crippen LogP) is 1.72. The second-order valence-electron chi connectivity index (χ2n) is 5.01. The van der Waals surface area contributed by atoms with E-state index < -0.39 is 5.41 Å². The maximum atomic E-state index is 13.3. The predicted molar refractivity (Wildman–Crippen MR) is 75.3 cm³/mol. The van der Waals surface area contributed by atoms with Crippen LogP contribution in [0.15, 0.2) is 24.3 Å². The lowest BCUT2D eigenvalue weighted by molar-refractivity contribution is -0.146. The first-order valence-electron chi connectivity index (χ1n) is 7.03. The first kappa shape index (κ1) is 15.3. The van der Waals surface area contributed by atoms with Crippen molar-refractivity contribution in [3.05, 3.63) is 35.6 Å². The number of urea groups is 1. The van der Waals surface area contributed by atoms with E-state index in [9.17, 15) is 14.0 Å². The van der Waals surface area contributed by atoms with Crippen molar-refractivity contribution in [3.8, 4) is 0 Å². The van der Waals surface area contributed by atoms with Gasteiger partial charge >= 0.3 is 12.0 Å². The second kappa shape index (κ2) is 6.56. The second-order valence-corrected chi connectivity index (χ2v) is 5.01. The van der Waals surface area contributed by atoms with Crippen LogP contribution in [-0.4, -0.2) is 31.7 Å². The zero-order chi connectivity index (χ0) is 15.3. The zero-order valence-electron chi connectivity index (χ0n) is 11.9. The van der Waals surface area contributed by atoms with Crippen molar-refractivity contribution in [1.82, 2.24) is 10.6 Å². The Hall–Kier alpha value is -2.11. The summed E-state index contributed by atoms with van der Waals surface area (Å²) in [5.41, 5.74) is -0.0440. The summed E-state index contributed by atoms with van der Waals surface area (Å²) in [4.78, 5) is 23.3. The van der Waals surface area contributed by atoms with Crippen molar-refractivity contribution in [1.29, 1.82) is 0 Å². The molecule has 1 aliphatic rings. The molecule has 1 aromatic rings. The molecule has 0 heterocycles. The van der Waals surface area contributed by atoms with Crippen molar-refractivity contribution in [2.45, 2.75) is 25.2 Å². The van der Waals surface area contributed by atoms with E-state index in [4.69, 9.17) is 4.74 Å². The van der Waals surface area contributed by atoms with Crippen LogP contribution in [0.2, 0.25) is 0 Å². The van der Waals surface area contributed by atoms with Gasteiger partial charge in [0.25, 0.3) is 0 Å². The number of nitrogens with one attached hydrogen (secondary N) is 2. The minimum Gasteiger partial charge on any atom is -0.463 e. The first-order chi connectivity index (χ1) is 10.1. The number of hydrogen-bond acceptors (Lipinski definition) is 3. The first-order valence-corrected chi connectivity index (χ1v) is 7.03. The summed E-state index contributed by atoms with van der Waals surface area (Å²) in [5.74, 6) is -0.713. The highest BCUT2D eigenvalue weighted by molar-refractivity contribution is 5.86. The summed E-state index contributed by atoms with van der Waals surface area (Å²) >= 11 is 0. The number of amides is 2. The lowest BCUT2D eigenvalue weighted by Crippen LogP contribution is -2.37. The van der Waals surface area contributed by atoms with Crippen LogP contribution in [0.3, 0.4) is 0 Å². The molecule has 0 saturated heterocycles. The summed E-state index contributed by atoms with van der Waals surface area (Å²) < 4.78 is 18.4. The average Bonchev–Trinajstić information content (AvgIpc) is 3.25. The summed E-state index contributed by atoms with van der Waals surface area (Å²) in [6, 6.07) is 5.77. The van der Waals surface area contributed by atoms with Gasteiger partial charge in [0.1, 0.15) is 12.4 Å². The molecule has 0 unspecified atom stereocenters. The van der Waals surface area contributed by atoms with Gasteiger partial charge in [0.2, 0.25) is 0 Å². The van der Waals surface area contributed by atoms with E-state index in [1.807, 2.05) is 6.92 Å². The van der Waals surface area contributed by atoms with Gasteiger partial charge in [-0.2, -0.15) is 0 Å². The molecule has 1 aliphatic carbocycles. The van der Waals surface area contributed by atoms with Gasteiger partial charge in [0.05, 0.1) is 12.0 Å². The Morgan fingerprint density at radius 1 is 1.33 bits per heavy atom. The van der Waals surface area contributed by atoms with Crippen LogP contribution in [0, 0.1) is 5.82 Å². The molecule has 5 nitrogen and oxygen atoms in total. The number of ether oxygens (including phenoxy) is 1. The molecule has 1 saturated carbocycles. The molecule has 1 aromatic carbocycles. The standard InChI is InChI=1S/C15H19FN2O3/c1-2-17-14(20)18-8-9-21-13(19)15(6-7-15)11-4-3-5-12(16)10-11/h3-5,10H,2,6-9H2,1H3,(H2,17,18,20). The number of halogens is 1. The SMILES string of the molecule is CCNC(=O)NCCOC(=O)C1(c2cccc(F)c2)CC1. The largest absolute Gasteiger partial charge is 0.463 e. The van der Waals surface area contributed by atoms with Crippen molar-refractivity contribution < 1.29 is 18.7 Å². The Morgan fingerprint density at radius 3 is 2.71 bits per heavy atom. The summed E-state index contributed by atoms with van der Waals surface area (Å²) in [5, 5.41) is 5.15. The number of esters is 1. The van der Waals surface area contributed by atoms with E-state index >= 15 is 0 Å². The van der Waals surface area contributed by atoms with Crippen molar-refractivity contribution in [3.63, 3.8) is 0 Å². The van der Waals surface area contributed by atoms with Gasteiger partial charge in [-0.05, 0) is 37.5 Å². The van der Waals surface area contributed by atoms with Crippen LogP contribution in [0.4, 0.5) is 9.18 Å². The minimum absolute atomic E-state index is 0.104. The van der Waals surface area contributed by atoms with Crippen molar-refractivity contribution in [2.24, 2.45) is 0 Å². The molecule has 0 aromatic heterocycles. The van der Waals surface area contributed by atoms with Crippen molar-refractivity contribution >= 4 is 12.0 Å². The summed E-state index contributed by atoms with van der Waals surface area (Å²) in [6.45, 7) is 2.70. The molecule has 0 aliphatic heterocycles. The van der Waals surface area contributed by atoms with Gasteiger partial charge in [0, 0.05) is 6.54 Å². The van der Waals surface area contributed by atoms with E-state index in [1.54, 1.807) is 12.1 Å². The topological polar surface area (TPSA) is 67.4 Å². The Kier molecular flexibility index (Phi) is 4.77. The highest BCUT2D eigenvalue weighted by Crippen LogP contribution is 2.49. The third-order valence-electron chi connectivity index (χ3n) is 3.48. The molecule has 2 amide bonds. The van der Waals surface area contributed by atoms with Crippen LogP contribution in [0.5, 0.6) is 0 Å². The normalized spacial score (nSPS) is 15.1. The molecule has 21 heavy (non-hydrogen) atoms. The molecule has 0 spiro atoms. The van der Waals surface area contributed by atoms with Crippen LogP contribution >= 0.6 is 0 Å².